The number of Topliss-reactive ketones (excluding diaryl/α,β-unsaturated/α-hetero) is 1. The van der Waals surface area contributed by atoms with Crippen molar-refractivity contribution in [2.24, 2.45) is 5.41 Å². The first-order chi connectivity index (χ1) is 9.87. The molecule has 3 rings (SSSR count). The average molecular weight is 305 g/mol. The molecule has 1 unspecified atom stereocenters. The zero-order valence-corrected chi connectivity index (χ0v) is 12.9. The van der Waals surface area contributed by atoms with Crippen LogP contribution in [0.15, 0.2) is 35.6 Å². The third-order valence-corrected chi connectivity index (χ3v) is 4.46. The highest BCUT2D eigenvalue weighted by Crippen LogP contribution is 2.46. The molecule has 0 saturated carbocycles. The maximum Gasteiger partial charge on any atom is 0.311 e. The number of allylic oxidation sites excluding steroid dienone is 2. The van der Waals surface area contributed by atoms with Gasteiger partial charge in [0.15, 0.2) is 5.78 Å². The first-order valence-corrected chi connectivity index (χ1v) is 7.46. The van der Waals surface area contributed by atoms with Crippen LogP contribution in [0.3, 0.4) is 0 Å². The van der Waals surface area contributed by atoms with E-state index in [-0.39, 0.29) is 29.5 Å². The second-order valence-corrected chi connectivity index (χ2v) is 6.94. The summed E-state index contributed by atoms with van der Waals surface area (Å²) in [4.78, 5) is 24.5. The zero-order chi connectivity index (χ0) is 15.2. The minimum atomic E-state index is -0.288. The van der Waals surface area contributed by atoms with Crippen LogP contribution >= 0.6 is 11.6 Å². The van der Waals surface area contributed by atoms with E-state index in [4.69, 9.17) is 16.3 Å². The lowest BCUT2D eigenvalue weighted by Crippen LogP contribution is -2.34. The number of carbonyl (C=O) groups is 2. The molecule has 1 aliphatic heterocycles. The van der Waals surface area contributed by atoms with Crippen LogP contribution in [0.25, 0.3) is 0 Å². The largest absolute Gasteiger partial charge is 0.431 e. The molecular formula is C17H17ClO3. The van der Waals surface area contributed by atoms with Crippen LogP contribution < -0.4 is 0 Å². The summed E-state index contributed by atoms with van der Waals surface area (Å²) >= 11 is 6.25. The Labute approximate surface area is 128 Å². The molecule has 0 radical (unpaired) electrons. The van der Waals surface area contributed by atoms with Gasteiger partial charge in [0, 0.05) is 29.4 Å². The third kappa shape index (κ3) is 2.62. The number of esters is 1. The van der Waals surface area contributed by atoms with Gasteiger partial charge in [-0.25, -0.2) is 0 Å². The summed E-state index contributed by atoms with van der Waals surface area (Å²) in [6.45, 7) is 4.03. The fourth-order valence-corrected chi connectivity index (χ4v) is 3.50. The van der Waals surface area contributed by atoms with Crippen LogP contribution in [0.2, 0.25) is 5.02 Å². The molecule has 110 valence electrons. The van der Waals surface area contributed by atoms with Crippen molar-refractivity contribution in [3.63, 3.8) is 0 Å². The average Bonchev–Trinajstić information content (AvgIpc) is 2.36. The quantitative estimate of drug-likeness (QED) is 0.736. The predicted octanol–water partition coefficient (Wildman–Crippen LogP) is 4.01. The van der Waals surface area contributed by atoms with Gasteiger partial charge in [-0.3, -0.25) is 9.59 Å². The Hall–Kier alpha value is -1.61. The summed E-state index contributed by atoms with van der Waals surface area (Å²) < 4.78 is 5.36. The van der Waals surface area contributed by atoms with Gasteiger partial charge in [0.25, 0.3) is 0 Å². The van der Waals surface area contributed by atoms with Gasteiger partial charge in [-0.15, -0.1) is 0 Å². The lowest BCUT2D eigenvalue weighted by atomic mass is 9.71. The first kappa shape index (κ1) is 14.3. The Balaban J connectivity index is 2.11. The number of halogens is 1. The second-order valence-electron chi connectivity index (χ2n) is 6.53. The second kappa shape index (κ2) is 4.99. The summed E-state index contributed by atoms with van der Waals surface area (Å²) in [6, 6.07) is 7.38. The first-order valence-electron chi connectivity index (χ1n) is 7.09. The van der Waals surface area contributed by atoms with Crippen molar-refractivity contribution in [1.82, 2.24) is 0 Å². The Bertz CT molecular complexity index is 658. The molecule has 0 aromatic heterocycles. The Morgan fingerprint density at radius 2 is 1.90 bits per heavy atom. The normalized spacial score (nSPS) is 24.6. The van der Waals surface area contributed by atoms with E-state index in [1.165, 1.54) is 0 Å². The number of hydrogen-bond acceptors (Lipinski definition) is 3. The van der Waals surface area contributed by atoms with Gasteiger partial charge < -0.3 is 4.74 Å². The molecule has 1 aromatic rings. The van der Waals surface area contributed by atoms with Crippen molar-refractivity contribution in [2.75, 3.05) is 0 Å². The molecule has 4 heteroatoms. The monoisotopic (exact) mass is 304 g/mol. The van der Waals surface area contributed by atoms with E-state index in [0.717, 1.165) is 5.56 Å². The van der Waals surface area contributed by atoms with Crippen LogP contribution in [0.5, 0.6) is 0 Å². The number of carbonyl (C=O) groups excluding carboxylic acids is 2. The number of hydrogen-bond donors (Lipinski definition) is 0. The zero-order valence-electron chi connectivity index (χ0n) is 12.1. The third-order valence-electron chi connectivity index (χ3n) is 4.12. The number of rotatable bonds is 1. The molecule has 0 N–H and O–H groups in total. The van der Waals surface area contributed by atoms with Crippen LogP contribution in [-0.4, -0.2) is 11.8 Å². The lowest BCUT2D eigenvalue weighted by Gasteiger charge is -2.36. The number of ketones is 1. The van der Waals surface area contributed by atoms with E-state index >= 15 is 0 Å². The predicted molar refractivity (Wildman–Crippen MR) is 80.0 cm³/mol. The molecule has 1 heterocycles. The van der Waals surface area contributed by atoms with Crippen molar-refractivity contribution in [2.45, 2.75) is 39.0 Å². The van der Waals surface area contributed by atoms with E-state index in [2.05, 4.69) is 0 Å². The van der Waals surface area contributed by atoms with Crippen molar-refractivity contribution in [1.29, 1.82) is 0 Å². The van der Waals surface area contributed by atoms with Crippen LogP contribution in [0.1, 0.15) is 44.6 Å². The van der Waals surface area contributed by atoms with E-state index in [1.54, 1.807) is 6.07 Å². The Kier molecular flexibility index (Phi) is 3.40. The molecule has 0 fully saturated rings. The van der Waals surface area contributed by atoms with Crippen molar-refractivity contribution < 1.29 is 14.3 Å². The summed E-state index contributed by atoms with van der Waals surface area (Å²) in [5.74, 6) is 0.0406. The molecular weight excluding hydrogens is 288 g/mol. The molecule has 0 spiro atoms. The van der Waals surface area contributed by atoms with Gasteiger partial charge in [0.1, 0.15) is 5.76 Å². The standard InChI is InChI=1S/C17H17ClO3/c1-17(2)8-13(19)16-11(7-15(20)21-14(16)9-17)10-5-3-4-6-12(10)18/h3-6,11H,7-9H2,1-2H3. The van der Waals surface area contributed by atoms with Gasteiger partial charge in [-0.2, -0.15) is 0 Å². The summed E-state index contributed by atoms with van der Waals surface area (Å²) in [5.41, 5.74) is 1.30. The van der Waals surface area contributed by atoms with Gasteiger partial charge in [-0.05, 0) is 17.0 Å². The van der Waals surface area contributed by atoms with Gasteiger partial charge >= 0.3 is 5.97 Å². The van der Waals surface area contributed by atoms with Crippen LogP contribution in [0.4, 0.5) is 0 Å². The van der Waals surface area contributed by atoms with Gasteiger partial charge in [0.2, 0.25) is 0 Å². The van der Waals surface area contributed by atoms with E-state index < -0.39 is 0 Å². The van der Waals surface area contributed by atoms with Crippen molar-refractivity contribution in [3.8, 4) is 0 Å². The smallest absolute Gasteiger partial charge is 0.311 e. The topological polar surface area (TPSA) is 43.4 Å². The number of ether oxygens (including phenoxy) is 1. The Morgan fingerprint density at radius 1 is 1.19 bits per heavy atom. The Morgan fingerprint density at radius 3 is 2.62 bits per heavy atom. The summed E-state index contributed by atoms with van der Waals surface area (Å²) in [7, 11) is 0. The summed E-state index contributed by atoms with van der Waals surface area (Å²) in [5, 5.41) is 0.585. The van der Waals surface area contributed by atoms with Gasteiger partial charge in [-0.1, -0.05) is 43.6 Å². The lowest BCUT2D eigenvalue weighted by molar-refractivity contribution is -0.142. The summed E-state index contributed by atoms with van der Waals surface area (Å²) in [6.07, 6.45) is 1.26. The molecule has 0 amide bonds. The van der Waals surface area contributed by atoms with Crippen molar-refractivity contribution in [3.05, 3.63) is 46.2 Å². The minimum absolute atomic E-state index is 0.0682. The van der Waals surface area contributed by atoms with Crippen molar-refractivity contribution >= 4 is 23.4 Å². The minimum Gasteiger partial charge on any atom is -0.431 e. The molecule has 21 heavy (non-hydrogen) atoms. The van der Waals surface area contributed by atoms with E-state index in [1.807, 2.05) is 32.0 Å². The maximum absolute atomic E-state index is 12.6. The van der Waals surface area contributed by atoms with E-state index in [9.17, 15) is 9.59 Å². The molecule has 1 aliphatic carbocycles. The highest BCUT2D eigenvalue weighted by molar-refractivity contribution is 6.31. The maximum atomic E-state index is 12.6. The van der Waals surface area contributed by atoms with E-state index in [0.29, 0.717) is 29.2 Å². The fraction of sp³-hybridized carbons (Fsp3) is 0.412. The molecule has 3 nitrogen and oxygen atoms in total. The molecule has 0 bridgehead atoms. The molecule has 1 atom stereocenters. The number of benzene rings is 1. The molecule has 1 aromatic carbocycles. The molecule has 2 aliphatic rings. The SMILES string of the molecule is CC1(C)CC(=O)C2=C(C1)OC(=O)CC2c1ccccc1Cl. The highest BCUT2D eigenvalue weighted by atomic mass is 35.5. The highest BCUT2D eigenvalue weighted by Gasteiger charge is 2.42. The van der Waals surface area contributed by atoms with Gasteiger partial charge in [0.05, 0.1) is 6.42 Å². The molecule has 0 saturated heterocycles. The fourth-order valence-electron chi connectivity index (χ4n) is 3.23. The van der Waals surface area contributed by atoms with Crippen LogP contribution in [-0.2, 0) is 14.3 Å². The van der Waals surface area contributed by atoms with Crippen LogP contribution in [0, 0.1) is 5.41 Å².